The molecule has 0 radical (unpaired) electrons. The van der Waals surface area contributed by atoms with Gasteiger partial charge in [0.1, 0.15) is 6.07 Å². The van der Waals surface area contributed by atoms with Gasteiger partial charge >= 0.3 is 0 Å². The summed E-state index contributed by atoms with van der Waals surface area (Å²) in [5.41, 5.74) is 8.27. The van der Waals surface area contributed by atoms with Crippen molar-refractivity contribution < 1.29 is 8.42 Å². The van der Waals surface area contributed by atoms with Gasteiger partial charge in [-0.3, -0.25) is 4.98 Å². The topological polar surface area (TPSA) is 110 Å². The zero-order valence-corrected chi connectivity index (χ0v) is 13.7. The Kier molecular flexibility index (Phi) is 3.91. The highest BCUT2D eigenvalue weighted by Crippen LogP contribution is 2.27. The molecule has 0 unspecified atom stereocenters. The number of hydrogen-bond acceptors (Lipinski definition) is 6. The highest BCUT2D eigenvalue weighted by Gasteiger charge is 2.17. The number of anilines is 1. The van der Waals surface area contributed by atoms with Crippen LogP contribution in [-0.2, 0) is 16.3 Å². The molecular weight excluding hydrogens is 324 g/mol. The fraction of sp³-hybridized carbons (Fsp3) is 0.118. The van der Waals surface area contributed by atoms with Crippen LogP contribution in [0.2, 0.25) is 0 Å². The summed E-state index contributed by atoms with van der Waals surface area (Å²) in [5.74, 6) is 0. The molecule has 0 bridgehead atoms. The Morgan fingerprint density at radius 3 is 2.71 bits per heavy atom. The first-order valence-corrected chi connectivity index (χ1v) is 9.01. The molecule has 3 rings (SSSR count). The van der Waals surface area contributed by atoms with E-state index in [0.717, 1.165) is 6.26 Å². The molecule has 3 aromatic rings. The number of hydrogen-bond donors (Lipinski definition) is 1. The second-order valence-corrected chi connectivity index (χ2v) is 7.39. The number of nitrogens with zero attached hydrogens (tertiary/aromatic N) is 3. The average molecular weight is 338 g/mol. The quantitative estimate of drug-likeness (QED) is 0.783. The predicted octanol–water partition coefficient (Wildman–Crippen LogP) is 2.08. The molecule has 6 nitrogen and oxygen atoms in total. The van der Waals surface area contributed by atoms with Crippen molar-refractivity contribution in [3.05, 3.63) is 59.5 Å². The summed E-state index contributed by atoms with van der Waals surface area (Å²) >= 11 is 0. The second-order valence-electron chi connectivity index (χ2n) is 5.41. The summed E-state index contributed by atoms with van der Waals surface area (Å²) in [5, 5.41) is 10.1. The smallest absolute Gasteiger partial charge is 0.175 e. The Hall–Kier alpha value is -2.98. The molecule has 24 heavy (non-hydrogen) atoms. The summed E-state index contributed by atoms with van der Waals surface area (Å²) in [4.78, 5) is 8.71. The fourth-order valence-electron chi connectivity index (χ4n) is 2.64. The summed E-state index contributed by atoms with van der Waals surface area (Å²) in [6, 6.07) is 10.4. The molecule has 0 aliphatic rings. The van der Waals surface area contributed by atoms with Crippen LogP contribution in [0.1, 0.15) is 16.8 Å². The van der Waals surface area contributed by atoms with Gasteiger partial charge in [0.25, 0.3) is 0 Å². The molecule has 2 N–H and O–H groups in total. The van der Waals surface area contributed by atoms with Crippen LogP contribution < -0.4 is 5.73 Å². The number of nitriles is 1. The van der Waals surface area contributed by atoms with E-state index in [4.69, 9.17) is 5.73 Å². The minimum atomic E-state index is -3.38. The van der Waals surface area contributed by atoms with E-state index in [-0.39, 0.29) is 16.9 Å². The molecule has 120 valence electrons. The van der Waals surface area contributed by atoms with Crippen molar-refractivity contribution in [1.82, 2.24) is 9.97 Å². The lowest BCUT2D eigenvalue weighted by Crippen LogP contribution is -2.07. The van der Waals surface area contributed by atoms with E-state index in [0.29, 0.717) is 27.8 Å². The number of nitrogens with two attached hydrogens (primary N) is 1. The Bertz CT molecular complexity index is 1090. The number of benzene rings is 1. The average Bonchev–Trinajstić information content (AvgIpc) is 2.55. The van der Waals surface area contributed by atoms with Crippen LogP contribution in [0.4, 0.5) is 5.69 Å². The molecule has 2 heterocycles. The van der Waals surface area contributed by atoms with Crippen molar-refractivity contribution in [2.75, 3.05) is 12.0 Å². The summed E-state index contributed by atoms with van der Waals surface area (Å²) < 4.78 is 23.9. The van der Waals surface area contributed by atoms with E-state index in [9.17, 15) is 13.7 Å². The Morgan fingerprint density at radius 2 is 2.00 bits per heavy atom. The van der Waals surface area contributed by atoms with Crippen molar-refractivity contribution in [3.8, 4) is 6.07 Å². The standard InChI is InChI=1S/C17H14N4O2S/c1-24(22,23)16-5-3-2-4-11(16)8-14-13(9-18)17(19)12-6-7-20-10-15(12)21-14/h2-7,10H,8H2,1H3,(H2,19,21). The number of fused-ring (bicyclic) bond motifs is 1. The molecule has 7 heteroatoms. The van der Waals surface area contributed by atoms with Crippen molar-refractivity contribution in [2.45, 2.75) is 11.3 Å². The zero-order valence-electron chi connectivity index (χ0n) is 12.9. The van der Waals surface area contributed by atoms with Crippen LogP contribution in [0.3, 0.4) is 0 Å². The van der Waals surface area contributed by atoms with Crippen molar-refractivity contribution in [1.29, 1.82) is 5.26 Å². The van der Waals surface area contributed by atoms with E-state index in [1.165, 1.54) is 0 Å². The fourth-order valence-corrected chi connectivity index (χ4v) is 3.58. The number of aromatic nitrogens is 2. The maximum absolute atomic E-state index is 12.0. The van der Waals surface area contributed by atoms with Gasteiger partial charge in [-0.05, 0) is 17.7 Å². The van der Waals surface area contributed by atoms with Crippen LogP contribution in [0.15, 0.2) is 47.6 Å². The van der Waals surface area contributed by atoms with Gasteiger partial charge < -0.3 is 5.73 Å². The van der Waals surface area contributed by atoms with Crippen LogP contribution in [0.25, 0.3) is 10.9 Å². The molecular formula is C17H14N4O2S. The number of pyridine rings is 2. The first-order valence-electron chi connectivity index (χ1n) is 7.12. The molecule has 0 aliphatic heterocycles. The van der Waals surface area contributed by atoms with Gasteiger partial charge in [-0.15, -0.1) is 0 Å². The lowest BCUT2D eigenvalue weighted by atomic mass is 10.0. The van der Waals surface area contributed by atoms with Crippen LogP contribution in [0, 0.1) is 11.3 Å². The minimum Gasteiger partial charge on any atom is -0.397 e. The normalized spacial score (nSPS) is 11.3. The molecule has 0 spiro atoms. The van der Waals surface area contributed by atoms with E-state index in [2.05, 4.69) is 16.0 Å². The predicted molar refractivity (Wildman–Crippen MR) is 91.0 cm³/mol. The number of nitrogen functional groups attached to an aromatic ring is 1. The first kappa shape index (κ1) is 15.9. The van der Waals surface area contributed by atoms with E-state index < -0.39 is 9.84 Å². The van der Waals surface area contributed by atoms with Gasteiger partial charge in [-0.25, -0.2) is 13.4 Å². The Labute approximate surface area is 139 Å². The molecule has 2 aromatic heterocycles. The maximum atomic E-state index is 12.0. The second kappa shape index (κ2) is 5.91. The first-order chi connectivity index (χ1) is 11.4. The van der Waals surface area contributed by atoms with Crippen LogP contribution >= 0.6 is 0 Å². The summed E-state index contributed by atoms with van der Waals surface area (Å²) in [6.07, 6.45) is 4.50. The molecule has 0 saturated heterocycles. The molecule has 0 saturated carbocycles. The summed E-state index contributed by atoms with van der Waals surface area (Å²) in [6.45, 7) is 0. The van der Waals surface area contributed by atoms with E-state index >= 15 is 0 Å². The van der Waals surface area contributed by atoms with Gasteiger partial charge in [-0.2, -0.15) is 5.26 Å². The lowest BCUT2D eigenvalue weighted by Gasteiger charge is -2.11. The molecule has 0 atom stereocenters. The number of sulfone groups is 1. The van der Waals surface area contributed by atoms with Gasteiger partial charge in [0.05, 0.1) is 33.6 Å². The summed E-state index contributed by atoms with van der Waals surface area (Å²) in [7, 11) is -3.38. The van der Waals surface area contributed by atoms with Gasteiger partial charge in [0.15, 0.2) is 9.84 Å². The highest BCUT2D eigenvalue weighted by atomic mass is 32.2. The lowest BCUT2D eigenvalue weighted by molar-refractivity contribution is 0.601. The number of rotatable bonds is 3. The third-order valence-electron chi connectivity index (χ3n) is 3.75. The van der Waals surface area contributed by atoms with E-state index in [1.807, 2.05) is 0 Å². The monoisotopic (exact) mass is 338 g/mol. The van der Waals surface area contributed by atoms with E-state index in [1.54, 1.807) is 42.7 Å². The van der Waals surface area contributed by atoms with Crippen molar-refractivity contribution >= 4 is 26.4 Å². The maximum Gasteiger partial charge on any atom is 0.175 e. The van der Waals surface area contributed by atoms with Crippen molar-refractivity contribution in [3.63, 3.8) is 0 Å². The molecule has 0 fully saturated rings. The van der Waals surface area contributed by atoms with Crippen LogP contribution in [0.5, 0.6) is 0 Å². The van der Waals surface area contributed by atoms with Gasteiger partial charge in [0, 0.05) is 24.3 Å². The van der Waals surface area contributed by atoms with Gasteiger partial charge in [-0.1, -0.05) is 18.2 Å². The molecule has 0 aliphatic carbocycles. The Balaban J connectivity index is 2.21. The van der Waals surface area contributed by atoms with Crippen molar-refractivity contribution in [2.24, 2.45) is 0 Å². The minimum absolute atomic E-state index is 0.196. The third kappa shape index (κ3) is 2.79. The molecule has 0 amide bonds. The SMILES string of the molecule is CS(=O)(=O)c1ccccc1Cc1nc2cnccc2c(N)c1C#N. The Morgan fingerprint density at radius 1 is 1.25 bits per heavy atom. The van der Waals surface area contributed by atoms with Gasteiger partial charge in [0.2, 0.25) is 0 Å². The van der Waals surface area contributed by atoms with Crippen LogP contribution in [-0.4, -0.2) is 24.6 Å². The highest BCUT2D eigenvalue weighted by molar-refractivity contribution is 7.90. The third-order valence-corrected chi connectivity index (χ3v) is 4.94. The largest absolute Gasteiger partial charge is 0.397 e. The molecule has 1 aromatic carbocycles. The zero-order chi connectivity index (χ0) is 17.3.